The van der Waals surface area contributed by atoms with E-state index in [0.29, 0.717) is 0 Å². The van der Waals surface area contributed by atoms with E-state index < -0.39 is 151 Å². The number of carbonyl (C=O) groups excluding carboxylic acids is 5. The molecule has 0 saturated carbocycles. The number of ether oxygens (including phenoxy) is 10. The first kappa shape index (κ1) is 46.5. The lowest BCUT2D eigenvalue weighted by atomic mass is 9.76. The number of esters is 5. The number of phenolic OH excluding ortho intramolecular Hbond substituents is 3. The Hall–Kier alpha value is -6.05. The van der Waals surface area contributed by atoms with Crippen LogP contribution in [0.1, 0.15) is 41.0 Å². The molecule has 3 fully saturated rings. The van der Waals surface area contributed by atoms with Crippen molar-refractivity contribution in [2.45, 2.75) is 93.6 Å². The van der Waals surface area contributed by atoms with Crippen molar-refractivity contribution in [3.63, 3.8) is 0 Å². The van der Waals surface area contributed by atoms with Gasteiger partial charge in [-0.2, -0.15) is 0 Å². The Morgan fingerprint density at radius 1 is 0.841 bits per heavy atom. The summed E-state index contributed by atoms with van der Waals surface area (Å²) in [4.78, 5) is 65.2. The van der Waals surface area contributed by atoms with Gasteiger partial charge in [0, 0.05) is 20.3 Å². The van der Waals surface area contributed by atoms with Crippen LogP contribution in [0.5, 0.6) is 23.0 Å². The van der Waals surface area contributed by atoms with E-state index >= 15 is 0 Å². The molecule has 63 heavy (non-hydrogen) atoms. The standard InChI is InChI=1S/C40H44O23/c1-4-20-37(56-14-21-36(52)54-11-10-40(20,21)53)63-39-33(62-34(50)18-8-9-22(44)23(45)12-18)32(57-17(3)43)31(26(60-39)15-55-16(2)42)61-35(51)19-6-5-7-24(27(19)46)58-38-30(49)29(48)28(47)25(13-41)59-38/h4-9,12,14,20,25-26,28-33,37-39,41,44-49,53H,1,10-11,13,15H2,2-3H3/t20-,25+,26+,28+,29-,30+,31+,32-,33+,37+,38+,39-,40+/m1/s1. The van der Waals surface area contributed by atoms with E-state index in [1.165, 1.54) is 12.1 Å². The maximum atomic E-state index is 14.0. The van der Waals surface area contributed by atoms with Crippen molar-refractivity contribution in [3.05, 3.63) is 72.0 Å². The summed E-state index contributed by atoms with van der Waals surface area (Å²) in [5.41, 5.74) is -3.25. The largest absolute Gasteiger partial charge is 0.504 e. The van der Waals surface area contributed by atoms with Crippen molar-refractivity contribution in [1.82, 2.24) is 0 Å². The zero-order chi connectivity index (χ0) is 45.9. The zero-order valence-electron chi connectivity index (χ0n) is 33.3. The van der Waals surface area contributed by atoms with Gasteiger partial charge in [0.1, 0.15) is 53.9 Å². The van der Waals surface area contributed by atoms with Gasteiger partial charge in [-0.25, -0.2) is 14.4 Å². The summed E-state index contributed by atoms with van der Waals surface area (Å²) >= 11 is 0. The second kappa shape index (κ2) is 19.1. The maximum Gasteiger partial charge on any atom is 0.342 e. The van der Waals surface area contributed by atoms with Crippen LogP contribution in [0.3, 0.4) is 0 Å². The van der Waals surface area contributed by atoms with Gasteiger partial charge >= 0.3 is 29.8 Å². The third kappa shape index (κ3) is 9.64. The van der Waals surface area contributed by atoms with Gasteiger partial charge < -0.3 is 88.2 Å². The van der Waals surface area contributed by atoms with Crippen LogP contribution in [0.2, 0.25) is 0 Å². The molecule has 4 aliphatic rings. The molecular weight excluding hydrogens is 848 g/mol. The molecule has 0 amide bonds. The molecule has 3 saturated heterocycles. The normalized spacial score (nSPS) is 32.6. The van der Waals surface area contributed by atoms with Gasteiger partial charge in [-0.1, -0.05) is 12.1 Å². The fourth-order valence-corrected chi connectivity index (χ4v) is 7.20. The van der Waals surface area contributed by atoms with Gasteiger partial charge in [-0.15, -0.1) is 6.58 Å². The lowest BCUT2D eigenvalue weighted by molar-refractivity contribution is -0.343. The highest BCUT2D eigenvalue weighted by atomic mass is 16.8. The molecule has 2 aromatic carbocycles. The predicted octanol–water partition coefficient (Wildman–Crippen LogP) is -1.31. The molecule has 8 N–H and O–H groups in total. The van der Waals surface area contributed by atoms with Crippen molar-refractivity contribution in [2.24, 2.45) is 5.92 Å². The molecule has 2 aromatic rings. The third-order valence-electron chi connectivity index (χ3n) is 10.4. The number of aliphatic hydroxyl groups excluding tert-OH is 4. The van der Waals surface area contributed by atoms with Crippen molar-refractivity contribution in [2.75, 3.05) is 19.8 Å². The summed E-state index contributed by atoms with van der Waals surface area (Å²) in [5, 5.41) is 83.3. The smallest absolute Gasteiger partial charge is 0.342 e. The second-order valence-corrected chi connectivity index (χ2v) is 14.6. The average Bonchev–Trinajstić information content (AvgIpc) is 3.23. The molecule has 0 aromatic heterocycles. The van der Waals surface area contributed by atoms with Crippen LogP contribution < -0.4 is 4.74 Å². The number of fused-ring (bicyclic) bond motifs is 1. The average molecular weight is 893 g/mol. The topological polar surface area (TPSA) is 339 Å². The highest BCUT2D eigenvalue weighted by Crippen LogP contribution is 2.43. The van der Waals surface area contributed by atoms with E-state index in [1.807, 2.05) is 0 Å². The second-order valence-electron chi connectivity index (χ2n) is 14.6. The van der Waals surface area contributed by atoms with E-state index in [4.69, 9.17) is 47.4 Å². The quantitative estimate of drug-likeness (QED) is 0.0501. The van der Waals surface area contributed by atoms with E-state index in [9.17, 15) is 64.8 Å². The number of cyclic esters (lactones) is 1. The van der Waals surface area contributed by atoms with Gasteiger partial charge in [0.25, 0.3) is 0 Å². The molecule has 13 atom stereocenters. The molecule has 0 radical (unpaired) electrons. The summed E-state index contributed by atoms with van der Waals surface area (Å²) in [6.45, 7) is 3.94. The highest BCUT2D eigenvalue weighted by Gasteiger charge is 2.58. The number of benzene rings is 2. The number of aliphatic hydroxyl groups is 5. The van der Waals surface area contributed by atoms with Crippen molar-refractivity contribution >= 4 is 29.8 Å². The fraction of sp³-hybridized carbons (Fsp3) is 0.475. The Balaban J connectivity index is 1.37. The Morgan fingerprint density at radius 3 is 2.22 bits per heavy atom. The van der Waals surface area contributed by atoms with Crippen molar-refractivity contribution in [1.29, 1.82) is 0 Å². The first-order valence-electron chi connectivity index (χ1n) is 19.1. The van der Waals surface area contributed by atoms with E-state index in [2.05, 4.69) is 6.58 Å². The number of aromatic hydroxyl groups is 3. The molecule has 4 heterocycles. The summed E-state index contributed by atoms with van der Waals surface area (Å²) in [5.74, 6) is -9.52. The van der Waals surface area contributed by atoms with Crippen LogP contribution in [0, 0.1) is 5.92 Å². The fourth-order valence-electron chi connectivity index (χ4n) is 7.20. The van der Waals surface area contributed by atoms with Crippen LogP contribution in [0.4, 0.5) is 0 Å². The van der Waals surface area contributed by atoms with Crippen LogP contribution in [0.25, 0.3) is 0 Å². The van der Waals surface area contributed by atoms with Gasteiger partial charge in [0.15, 0.2) is 41.3 Å². The Morgan fingerprint density at radius 2 is 1.56 bits per heavy atom. The van der Waals surface area contributed by atoms with Crippen molar-refractivity contribution < 1.29 is 112 Å². The summed E-state index contributed by atoms with van der Waals surface area (Å²) in [6, 6.07) is 6.22. The molecule has 4 aliphatic heterocycles. The molecule has 0 unspecified atom stereocenters. The predicted molar refractivity (Wildman–Crippen MR) is 200 cm³/mol. The molecule has 0 spiro atoms. The number of hydrogen-bond donors (Lipinski definition) is 8. The summed E-state index contributed by atoms with van der Waals surface area (Å²) < 4.78 is 56.2. The number of para-hydroxylation sites is 1. The van der Waals surface area contributed by atoms with Crippen LogP contribution in [0.15, 0.2) is 60.9 Å². The van der Waals surface area contributed by atoms with Gasteiger partial charge in [-0.05, 0) is 30.3 Å². The van der Waals surface area contributed by atoms with Gasteiger partial charge in [-0.3, -0.25) is 9.59 Å². The molecule has 23 heteroatoms. The summed E-state index contributed by atoms with van der Waals surface area (Å²) in [6.07, 6.45) is -17.9. The van der Waals surface area contributed by atoms with Crippen LogP contribution >= 0.6 is 0 Å². The van der Waals surface area contributed by atoms with Gasteiger partial charge in [0.2, 0.25) is 18.9 Å². The van der Waals surface area contributed by atoms with E-state index in [-0.39, 0.29) is 24.2 Å². The van der Waals surface area contributed by atoms with E-state index in [0.717, 1.165) is 50.4 Å². The van der Waals surface area contributed by atoms with Gasteiger partial charge in [0.05, 0.1) is 31.0 Å². The minimum atomic E-state index is -2.00. The SMILES string of the molecule is C=C[C@@H]1[C@H](O[C@H]2O[C@@H](COC(C)=O)[C@H](OC(=O)c3cccc(O[C@H]4O[C@@H](CO)[C@H](O)[C@@H](O)[C@@H]4O)c3O)[C@@H](OC(C)=O)[C@@H]2OC(=O)c2ccc(O)c(O)c2)OC=C2C(=O)OCC[C@@]21O. The minimum absolute atomic E-state index is 0.135. The summed E-state index contributed by atoms with van der Waals surface area (Å²) in [7, 11) is 0. The monoisotopic (exact) mass is 892 g/mol. The van der Waals surface area contributed by atoms with Crippen molar-refractivity contribution in [3.8, 4) is 23.0 Å². The Labute approximate surface area is 356 Å². The molecule has 23 nitrogen and oxygen atoms in total. The number of carbonyl (C=O) groups is 5. The number of phenols is 3. The first-order valence-corrected chi connectivity index (χ1v) is 19.1. The van der Waals surface area contributed by atoms with Crippen LogP contribution in [-0.4, -0.2) is 164 Å². The number of rotatable bonds is 13. The molecule has 6 rings (SSSR count). The highest BCUT2D eigenvalue weighted by molar-refractivity contribution is 5.94. The molecule has 0 aliphatic carbocycles. The Kier molecular flexibility index (Phi) is 14.1. The lowest BCUT2D eigenvalue weighted by Crippen LogP contribution is -2.64. The lowest BCUT2D eigenvalue weighted by Gasteiger charge is -2.48. The zero-order valence-corrected chi connectivity index (χ0v) is 33.3. The Bertz CT molecular complexity index is 2100. The molecule has 342 valence electrons. The molecular formula is C40H44O23. The minimum Gasteiger partial charge on any atom is -0.504 e. The van der Waals surface area contributed by atoms with Crippen LogP contribution in [-0.2, 0) is 57.0 Å². The van der Waals surface area contributed by atoms with E-state index in [1.54, 1.807) is 0 Å². The maximum absolute atomic E-state index is 14.0. The third-order valence-corrected chi connectivity index (χ3v) is 10.4. The first-order chi connectivity index (χ1) is 29.9. The number of hydrogen-bond acceptors (Lipinski definition) is 23. The molecule has 0 bridgehead atoms.